The maximum Gasteiger partial charge on any atom is 0.251 e. The minimum absolute atomic E-state index is 0.0588. The number of hydrogen-bond donors (Lipinski definition) is 1. The van der Waals surface area contributed by atoms with Crippen molar-refractivity contribution in [3.63, 3.8) is 0 Å². The van der Waals surface area contributed by atoms with Crippen LogP contribution in [0.1, 0.15) is 5.56 Å². The topological polar surface area (TPSA) is 61.8 Å². The van der Waals surface area contributed by atoms with E-state index in [1.165, 1.54) is 11.1 Å². The smallest absolute Gasteiger partial charge is 0.251 e. The molecule has 5 nitrogen and oxygen atoms in total. The molecular formula is C18H13Br2N3O2S. The van der Waals surface area contributed by atoms with E-state index in [2.05, 4.69) is 42.2 Å². The van der Waals surface area contributed by atoms with Gasteiger partial charge in [0.15, 0.2) is 11.0 Å². The summed E-state index contributed by atoms with van der Waals surface area (Å²) < 4.78 is 1.67. The molecule has 1 heterocycles. The van der Waals surface area contributed by atoms with Crippen LogP contribution in [0.25, 0.3) is 0 Å². The van der Waals surface area contributed by atoms with E-state index in [1.807, 2.05) is 25.1 Å². The first kappa shape index (κ1) is 18.9. The number of nitrogens with zero attached hydrogens (tertiary/aromatic N) is 2. The Kier molecular flexibility index (Phi) is 5.64. The molecule has 1 fully saturated rings. The summed E-state index contributed by atoms with van der Waals surface area (Å²) in [4.78, 5) is 30.7. The van der Waals surface area contributed by atoms with Crippen LogP contribution in [0.2, 0.25) is 0 Å². The summed E-state index contributed by atoms with van der Waals surface area (Å²) in [6.45, 7) is 1.97. The lowest BCUT2D eigenvalue weighted by atomic mass is 10.1. The van der Waals surface area contributed by atoms with Crippen LogP contribution in [0.15, 0.2) is 56.4 Å². The molecule has 1 aliphatic heterocycles. The molecular weight excluding hydrogens is 482 g/mol. The molecule has 1 saturated heterocycles. The number of thiocarbonyl (C=S) groups is 1. The van der Waals surface area contributed by atoms with Crippen LogP contribution >= 0.6 is 44.1 Å². The van der Waals surface area contributed by atoms with Gasteiger partial charge in [-0.1, -0.05) is 22.0 Å². The lowest BCUT2D eigenvalue weighted by Gasteiger charge is -2.30. The number of carbonyl (C=O) groups excluding carboxylic acids is 2. The lowest BCUT2D eigenvalue weighted by Crippen LogP contribution is -2.58. The molecule has 26 heavy (non-hydrogen) atoms. The molecule has 1 atom stereocenters. The third-order valence-electron chi connectivity index (χ3n) is 3.75. The molecule has 0 unspecified atom stereocenters. The first-order valence-corrected chi connectivity index (χ1v) is 9.61. The molecule has 0 radical (unpaired) electrons. The van der Waals surface area contributed by atoms with E-state index >= 15 is 0 Å². The number of anilines is 1. The highest BCUT2D eigenvalue weighted by molar-refractivity contribution is 9.10. The van der Waals surface area contributed by atoms with E-state index in [1.54, 1.807) is 24.3 Å². The van der Waals surface area contributed by atoms with Gasteiger partial charge < -0.3 is 5.32 Å². The SMILES string of the molecule is Cc1ccc(N=C[C@@H]2C(=O)NC(=S)N(c3ccc(Br)cc3)C2=O)c(Br)c1. The first-order chi connectivity index (χ1) is 12.4. The molecule has 132 valence electrons. The monoisotopic (exact) mass is 493 g/mol. The number of hydrogen-bond acceptors (Lipinski definition) is 4. The van der Waals surface area contributed by atoms with E-state index in [4.69, 9.17) is 12.2 Å². The summed E-state index contributed by atoms with van der Waals surface area (Å²) >= 11 is 12.0. The van der Waals surface area contributed by atoms with Gasteiger partial charge in [0.05, 0.1) is 11.4 Å². The van der Waals surface area contributed by atoms with Crippen LogP contribution in [-0.2, 0) is 9.59 Å². The van der Waals surface area contributed by atoms with Crippen molar-refractivity contribution >= 4 is 78.6 Å². The van der Waals surface area contributed by atoms with Crippen LogP contribution in [-0.4, -0.2) is 23.1 Å². The van der Waals surface area contributed by atoms with E-state index in [-0.39, 0.29) is 5.11 Å². The molecule has 0 aromatic heterocycles. The fraction of sp³-hybridized carbons (Fsp3) is 0.111. The maximum atomic E-state index is 12.9. The highest BCUT2D eigenvalue weighted by Crippen LogP contribution is 2.27. The van der Waals surface area contributed by atoms with Crippen LogP contribution in [0.3, 0.4) is 0 Å². The van der Waals surface area contributed by atoms with Gasteiger partial charge in [0.1, 0.15) is 0 Å². The fourth-order valence-electron chi connectivity index (χ4n) is 2.43. The van der Waals surface area contributed by atoms with Crippen molar-refractivity contribution in [1.82, 2.24) is 5.32 Å². The van der Waals surface area contributed by atoms with Gasteiger partial charge in [0.2, 0.25) is 5.91 Å². The molecule has 0 spiro atoms. The van der Waals surface area contributed by atoms with Gasteiger partial charge in [-0.15, -0.1) is 0 Å². The molecule has 0 aliphatic carbocycles. The Hall–Kier alpha value is -1.90. The number of nitrogens with one attached hydrogen (secondary N) is 1. The van der Waals surface area contributed by atoms with Crippen LogP contribution in [0.4, 0.5) is 11.4 Å². The molecule has 0 saturated carbocycles. The average Bonchev–Trinajstić information content (AvgIpc) is 2.57. The van der Waals surface area contributed by atoms with Crippen molar-refractivity contribution in [3.8, 4) is 0 Å². The van der Waals surface area contributed by atoms with Gasteiger partial charge in [0.25, 0.3) is 5.91 Å². The Morgan fingerprint density at radius 1 is 1.15 bits per heavy atom. The molecule has 0 bridgehead atoms. The molecule has 2 amide bonds. The van der Waals surface area contributed by atoms with Crippen LogP contribution < -0.4 is 10.2 Å². The van der Waals surface area contributed by atoms with Gasteiger partial charge in [0, 0.05) is 15.2 Å². The van der Waals surface area contributed by atoms with E-state index < -0.39 is 17.7 Å². The molecule has 1 aliphatic rings. The van der Waals surface area contributed by atoms with E-state index in [9.17, 15) is 9.59 Å². The summed E-state index contributed by atoms with van der Waals surface area (Å²) in [7, 11) is 0. The summed E-state index contributed by atoms with van der Waals surface area (Å²) in [5.74, 6) is -1.98. The zero-order valence-electron chi connectivity index (χ0n) is 13.6. The molecule has 2 aromatic carbocycles. The number of amides is 2. The summed E-state index contributed by atoms with van der Waals surface area (Å²) in [5, 5.41) is 2.62. The Morgan fingerprint density at radius 2 is 1.85 bits per heavy atom. The van der Waals surface area contributed by atoms with Crippen molar-refractivity contribution < 1.29 is 9.59 Å². The van der Waals surface area contributed by atoms with Gasteiger partial charge >= 0.3 is 0 Å². The lowest BCUT2D eigenvalue weighted by molar-refractivity contribution is -0.130. The summed E-state index contributed by atoms with van der Waals surface area (Å²) in [6, 6.07) is 12.7. The van der Waals surface area contributed by atoms with Gasteiger partial charge in [-0.25, -0.2) is 0 Å². The number of carbonyl (C=O) groups is 2. The van der Waals surface area contributed by atoms with E-state index in [0.29, 0.717) is 11.4 Å². The predicted octanol–water partition coefficient (Wildman–Crippen LogP) is 4.29. The highest BCUT2D eigenvalue weighted by Gasteiger charge is 2.38. The largest absolute Gasteiger partial charge is 0.301 e. The van der Waals surface area contributed by atoms with Gasteiger partial charge in [-0.05, 0) is 77.0 Å². The summed E-state index contributed by atoms with van der Waals surface area (Å²) in [5.41, 5.74) is 2.30. The Balaban J connectivity index is 1.90. The first-order valence-electron chi connectivity index (χ1n) is 7.61. The number of benzene rings is 2. The van der Waals surface area contributed by atoms with Crippen molar-refractivity contribution in [2.24, 2.45) is 10.9 Å². The predicted molar refractivity (Wildman–Crippen MR) is 113 cm³/mol. The number of rotatable bonds is 3. The van der Waals surface area contributed by atoms with Gasteiger partial charge in [-0.2, -0.15) is 0 Å². The second-order valence-electron chi connectivity index (χ2n) is 5.66. The zero-order valence-corrected chi connectivity index (χ0v) is 17.6. The van der Waals surface area contributed by atoms with Gasteiger partial charge in [-0.3, -0.25) is 19.5 Å². The average molecular weight is 495 g/mol. The Bertz CT molecular complexity index is 929. The Morgan fingerprint density at radius 3 is 2.50 bits per heavy atom. The van der Waals surface area contributed by atoms with Crippen molar-refractivity contribution in [1.29, 1.82) is 0 Å². The number of aliphatic imine (C=N–C) groups is 1. The third kappa shape index (κ3) is 3.92. The van der Waals surface area contributed by atoms with Crippen molar-refractivity contribution in [2.45, 2.75) is 6.92 Å². The minimum Gasteiger partial charge on any atom is -0.301 e. The second-order valence-corrected chi connectivity index (χ2v) is 7.81. The standard InChI is InChI=1S/C18H13Br2N3O2S/c1-10-2-7-15(14(20)8-10)21-9-13-16(24)22-18(26)23(17(13)25)12-5-3-11(19)4-6-12/h2-9,13H,1H3,(H,22,24,26)/t13-/m1/s1. The molecule has 1 N–H and O–H groups in total. The minimum atomic E-state index is -1.06. The fourth-order valence-corrected chi connectivity index (χ4v) is 3.58. The Labute approximate surface area is 172 Å². The third-order valence-corrected chi connectivity index (χ3v) is 5.20. The maximum absolute atomic E-state index is 12.9. The van der Waals surface area contributed by atoms with E-state index in [0.717, 1.165) is 14.5 Å². The van der Waals surface area contributed by atoms with Crippen LogP contribution in [0, 0.1) is 12.8 Å². The van der Waals surface area contributed by atoms with Crippen molar-refractivity contribution in [2.75, 3.05) is 4.90 Å². The molecule has 2 aromatic rings. The molecule has 3 rings (SSSR count). The number of aryl methyl sites for hydroxylation is 1. The highest BCUT2D eigenvalue weighted by atomic mass is 79.9. The van der Waals surface area contributed by atoms with Crippen LogP contribution in [0.5, 0.6) is 0 Å². The van der Waals surface area contributed by atoms with Crippen molar-refractivity contribution in [3.05, 3.63) is 57.0 Å². The zero-order chi connectivity index (χ0) is 18.8. The summed E-state index contributed by atoms with van der Waals surface area (Å²) in [6.07, 6.45) is 1.35. The quantitative estimate of drug-likeness (QED) is 0.393. The number of halogens is 2. The normalized spacial score (nSPS) is 17.7. The molecule has 8 heteroatoms. The second kappa shape index (κ2) is 7.77.